The van der Waals surface area contributed by atoms with Crippen LogP contribution in [0.3, 0.4) is 0 Å². The number of aryl methyl sites for hydroxylation is 1. The molecule has 1 N–H and O–H groups in total. The van der Waals surface area contributed by atoms with Gasteiger partial charge < -0.3 is 10.2 Å². The summed E-state index contributed by atoms with van der Waals surface area (Å²) >= 11 is 1.58. The Kier molecular flexibility index (Phi) is 5.68. The lowest BCUT2D eigenvalue weighted by atomic mass is 9.96. The number of fused-ring (bicyclic) bond motifs is 1. The second-order valence-electron chi connectivity index (χ2n) is 6.75. The van der Waals surface area contributed by atoms with Crippen molar-refractivity contribution in [2.45, 2.75) is 46.0 Å². The summed E-state index contributed by atoms with van der Waals surface area (Å²) in [4.78, 5) is 31.0. The van der Waals surface area contributed by atoms with Gasteiger partial charge in [0.15, 0.2) is 0 Å². The lowest BCUT2D eigenvalue weighted by molar-refractivity contribution is -0.143. The first-order chi connectivity index (χ1) is 12.1. The van der Waals surface area contributed by atoms with Gasteiger partial charge in [-0.2, -0.15) is 0 Å². The van der Waals surface area contributed by atoms with Crippen molar-refractivity contribution in [3.8, 4) is 0 Å². The molecule has 1 aromatic carbocycles. The molecule has 5 nitrogen and oxygen atoms in total. The van der Waals surface area contributed by atoms with E-state index in [4.69, 9.17) is 0 Å². The summed E-state index contributed by atoms with van der Waals surface area (Å²) in [6.45, 7) is 5.52. The first-order valence-electron chi connectivity index (χ1n) is 9.04. The van der Waals surface area contributed by atoms with Gasteiger partial charge in [-0.3, -0.25) is 9.59 Å². The summed E-state index contributed by atoms with van der Waals surface area (Å²) < 4.78 is 1.01. The van der Waals surface area contributed by atoms with Crippen LogP contribution in [-0.2, 0) is 9.59 Å². The predicted octanol–water partition coefficient (Wildman–Crippen LogP) is 3.97. The second-order valence-corrected chi connectivity index (χ2v) is 7.98. The zero-order valence-corrected chi connectivity index (χ0v) is 15.7. The average Bonchev–Trinajstić information content (AvgIpc) is 2.80. The fourth-order valence-electron chi connectivity index (χ4n) is 3.51. The Morgan fingerprint density at radius 1 is 1.32 bits per heavy atom. The van der Waals surface area contributed by atoms with Crippen LogP contribution in [-0.4, -0.2) is 34.8 Å². The molecule has 2 aromatic rings. The molecule has 3 rings (SSSR count). The number of anilines is 1. The van der Waals surface area contributed by atoms with Gasteiger partial charge >= 0.3 is 11.8 Å². The van der Waals surface area contributed by atoms with Gasteiger partial charge in [0.2, 0.25) is 0 Å². The van der Waals surface area contributed by atoms with Gasteiger partial charge in [-0.25, -0.2) is 4.98 Å². The molecule has 0 spiro atoms. The SMILES string of the molecule is CCCC1CCCN(C(=O)C(=O)Nc2ccc3nc(C)sc3c2)CC1. The van der Waals surface area contributed by atoms with Crippen LogP contribution < -0.4 is 5.32 Å². The Morgan fingerprint density at radius 2 is 2.16 bits per heavy atom. The molecular weight excluding hydrogens is 334 g/mol. The van der Waals surface area contributed by atoms with E-state index in [0.717, 1.165) is 34.5 Å². The third kappa shape index (κ3) is 4.37. The van der Waals surface area contributed by atoms with E-state index >= 15 is 0 Å². The van der Waals surface area contributed by atoms with Gasteiger partial charge in [-0.05, 0) is 50.3 Å². The topological polar surface area (TPSA) is 62.3 Å². The third-order valence-electron chi connectivity index (χ3n) is 4.78. The van der Waals surface area contributed by atoms with Crippen LogP contribution in [0.2, 0.25) is 0 Å². The molecule has 1 fully saturated rings. The number of hydrogen-bond acceptors (Lipinski definition) is 4. The zero-order valence-electron chi connectivity index (χ0n) is 14.9. The molecule has 6 heteroatoms. The Balaban J connectivity index is 1.62. The Morgan fingerprint density at radius 3 is 2.96 bits per heavy atom. The van der Waals surface area contributed by atoms with E-state index in [-0.39, 0.29) is 0 Å². The number of nitrogens with one attached hydrogen (secondary N) is 1. The summed E-state index contributed by atoms with van der Waals surface area (Å²) in [5.74, 6) is -0.282. The van der Waals surface area contributed by atoms with Crippen molar-refractivity contribution < 1.29 is 9.59 Å². The van der Waals surface area contributed by atoms with Crippen molar-refractivity contribution in [1.82, 2.24) is 9.88 Å². The number of amides is 2. The maximum absolute atomic E-state index is 12.5. The van der Waals surface area contributed by atoms with E-state index < -0.39 is 11.8 Å². The summed E-state index contributed by atoms with van der Waals surface area (Å²) in [5.41, 5.74) is 1.56. The zero-order chi connectivity index (χ0) is 17.8. The summed E-state index contributed by atoms with van der Waals surface area (Å²) in [7, 11) is 0. The van der Waals surface area contributed by atoms with E-state index in [2.05, 4.69) is 17.2 Å². The number of nitrogens with zero attached hydrogens (tertiary/aromatic N) is 2. The van der Waals surface area contributed by atoms with Crippen LogP contribution in [0.1, 0.15) is 44.0 Å². The van der Waals surface area contributed by atoms with Gasteiger partial charge in [0.1, 0.15) is 0 Å². The number of carbonyl (C=O) groups excluding carboxylic acids is 2. The Hall–Kier alpha value is -1.95. The van der Waals surface area contributed by atoms with Gasteiger partial charge in [-0.1, -0.05) is 19.8 Å². The lowest BCUT2D eigenvalue weighted by Gasteiger charge is -2.20. The van der Waals surface area contributed by atoms with Crippen molar-refractivity contribution in [3.05, 3.63) is 23.2 Å². The fourth-order valence-corrected chi connectivity index (χ4v) is 4.38. The normalized spacial score (nSPS) is 18.2. The monoisotopic (exact) mass is 359 g/mol. The van der Waals surface area contributed by atoms with Crippen molar-refractivity contribution >= 4 is 39.1 Å². The van der Waals surface area contributed by atoms with Gasteiger partial charge in [-0.15, -0.1) is 11.3 Å². The molecule has 25 heavy (non-hydrogen) atoms. The molecule has 1 saturated heterocycles. The van der Waals surface area contributed by atoms with Gasteiger partial charge in [0.25, 0.3) is 0 Å². The predicted molar refractivity (Wildman–Crippen MR) is 102 cm³/mol. The second kappa shape index (κ2) is 7.95. The maximum Gasteiger partial charge on any atom is 0.313 e. The van der Waals surface area contributed by atoms with Crippen LogP contribution in [0, 0.1) is 12.8 Å². The third-order valence-corrected chi connectivity index (χ3v) is 5.71. The Labute approximate surface area is 152 Å². The van der Waals surface area contributed by atoms with Gasteiger partial charge in [0, 0.05) is 18.8 Å². The highest BCUT2D eigenvalue weighted by atomic mass is 32.1. The van der Waals surface area contributed by atoms with Crippen LogP contribution in [0.15, 0.2) is 18.2 Å². The number of rotatable bonds is 3. The minimum Gasteiger partial charge on any atom is -0.334 e. The molecule has 1 unspecified atom stereocenters. The van der Waals surface area contributed by atoms with Crippen molar-refractivity contribution in [3.63, 3.8) is 0 Å². The molecule has 2 amide bonds. The molecule has 134 valence electrons. The summed E-state index contributed by atoms with van der Waals surface area (Å²) in [6, 6.07) is 5.55. The first kappa shape index (κ1) is 17.9. The molecule has 1 aliphatic heterocycles. The molecular formula is C19H25N3O2S. The highest BCUT2D eigenvalue weighted by Gasteiger charge is 2.25. The minimum absolute atomic E-state index is 0.419. The minimum atomic E-state index is -0.547. The number of hydrogen-bond donors (Lipinski definition) is 1. The van der Waals surface area contributed by atoms with E-state index in [1.165, 1.54) is 12.8 Å². The van der Waals surface area contributed by atoms with E-state index in [0.29, 0.717) is 24.7 Å². The molecule has 0 saturated carbocycles. The number of likely N-dealkylation sites (tertiary alicyclic amines) is 1. The van der Waals surface area contributed by atoms with Crippen LogP contribution in [0.4, 0.5) is 5.69 Å². The van der Waals surface area contributed by atoms with Crippen molar-refractivity contribution in [1.29, 1.82) is 0 Å². The maximum atomic E-state index is 12.5. The number of thiazole rings is 1. The highest BCUT2D eigenvalue weighted by molar-refractivity contribution is 7.18. The van der Waals surface area contributed by atoms with Crippen LogP contribution in [0.25, 0.3) is 10.2 Å². The lowest BCUT2D eigenvalue weighted by Crippen LogP contribution is -2.40. The standard InChI is InChI=1S/C19H25N3O2S/c1-3-5-14-6-4-10-22(11-9-14)19(24)18(23)21-15-7-8-16-17(12-15)25-13(2)20-16/h7-8,12,14H,3-6,9-11H2,1-2H3,(H,21,23). The summed E-state index contributed by atoms with van der Waals surface area (Å²) in [5, 5.41) is 3.73. The van der Waals surface area contributed by atoms with E-state index in [9.17, 15) is 9.59 Å². The smallest absolute Gasteiger partial charge is 0.313 e. The highest BCUT2D eigenvalue weighted by Crippen LogP contribution is 2.25. The van der Waals surface area contributed by atoms with Crippen LogP contribution in [0.5, 0.6) is 0 Å². The molecule has 1 aliphatic rings. The number of carbonyl (C=O) groups is 2. The fraction of sp³-hybridized carbons (Fsp3) is 0.526. The largest absolute Gasteiger partial charge is 0.334 e. The van der Waals surface area contributed by atoms with E-state index in [1.54, 1.807) is 22.3 Å². The van der Waals surface area contributed by atoms with Gasteiger partial charge in [0.05, 0.1) is 15.2 Å². The number of aromatic nitrogens is 1. The average molecular weight is 359 g/mol. The van der Waals surface area contributed by atoms with Crippen LogP contribution >= 0.6 is 11.3 Å². The molecule has 0 radical (unpaired) electrons. The molecule has 0 bridgehead atoms. The molecule has 2 heterocycles. The van der Waals surface area contributed by atoms with Crippen molar-refractivity contribution in [2.75, 3.05) is 18.4 Å². The molecule has 1 aromatic heterocycles. The molecule has 0 aliphatic carbocycles. The Bertz CT molecular complexity index is 771. The summed E-state index contributed by atoms with van der Waals surface area (Å²) in [6.07, 6.45) is 5.52. The van der Waals surface area contributed by atoms with E-state index in [1.807, 2.05) is 19.1 Å². The quantitative estimate of drug-likeness (QED) is 0.844. The first-order valence-corrected chi connectivity index (χ1v) is 9.86. The van der Waals surface area contributed by atoms with Crippen molar-refractivity contribution in [2.24, 2.45) is 5.92 Å². The number of benzene rings is 1. The molecule has 1 atom stereocenters.